The largest absolute Gasteiger partial charge is 0.479 e. The molecule has 1 aromatic carbocycles. The molecule has 1 heterocycles. The Bertz CT molecular complexity index is 627. The van der Waals surface area contributed by atoms with Crippen LogP contribution in [-0.2, 0) is 14.6 Å². The van der Waals surface area contributed by atoms with Gasteiger partial charge in [0.25, 0.3) is 0 Å². The monoisotopic (exact) mass is 254 g/mol. The van der Waals surface area contributed by atoms with Crippen molar-refractivity contribution in [3.8, 4) is 0 Å². The summed E-state index contributed by atoms with van der Waals surface area (Å²) in [6.07, 6.45) is -0.800. The van der Waals surface area contributed by atoms with Crippen molar-refractivity contribution in [2.75, 3.05) is 0 Å². The van der Waals surface area contributed by atoms with Gasteiger partial charge in [-0.2, -0.15) is 0 Å². The lowest BCUT2D eigenvalue weighted by Gasteiger charge is -2.06. The molecule has 0 aliphatic carbocycles. The van der Waals surface area contributed by atoms with E-state index in [-0.39, 0.29) is 4.90 Å². The van der Waals surface area contributed by atoms with E-state index < -0.39 is 26.8 Å². The highest BCUT2D eigenvalue weighted by Gasteiger charge is 2.37. The zero-order valence-corrected chi connectivity index (χ0v) is 9.73. The summed E-state index contributed by atoms with van der Waals surface area (Å²) in [5.41, 5.74) is 1.17. The van der Waals surface area contributed by atoms with Gasteiger partial charge in [0.05, 0.1) is 9.80 Å². The van der Waals surface area contributed by atoms with E-state index in [1.54, 1.807) is 19.1 Å². The van der Waals surface area contributed by atoms with Gasteiger partial charge in [-0.1, -0.05) is 12.1 Å². The Labute approximate surface area is 97.9 Å². The fourth-order valence-electron chi connectivity index (χ4n) is 1.77. The van der Waals surface area contributed by atoms with Crippen molar-refractivity contribution in [1.29, 1.82) is 0 Å². The molecule has 0 bridgehead atoms. The van der Waals surface area contributed by atoms with Gasteiger partial charge in [-0.25, -0.2) is 13.2 Å². The van der Waals surface area contributed by atoms with Gasteiger partial charge in [0.2, 0.25) is 9.84 Å². The summed E-state index contributed by atoms with van der Waals surface area (Å²) >= 11 is 0. The summed E-state index contributed by atoms with van der Waals surface area (Å²) in [6, 6.07) is 4.70. The third-order valence-corrected chi connectivity index (χ3v) is 4.57. The standard InChI is InChI=1S/C11H10O5S/c1-6-3-2-4-8-7(6)5-9(17(8,15)16)10(12)11(13)14/h2-5,10,12H,1H3,(H,13,14). The topological polar surface area (TPSA) is 91.7 Å². The molecule has 5 nitrogen and oxygen atoms in total. The van der Waals surface area contributed by atoms with Crippen molar-refractivity contribution in [2.24, 2.45) is 0 Å². The molecule has 0 amide bonds. The minimum absolute atomic E-state index is 0.0489. The van der Waals surface area contributed by atoms with Crippen molar-refractivity contribution >= 4 is 21.9 Å². The highest BCUT2D eigenvalue weighted by atomic mass is 32.2. The second-order valence-corrected chi connectivity index (χ2v) is 5.70. The first-order chi connectivity index (χ1) is 7.85. The number of sulfone groups is 1. The van der Waals surface area contributed by atoms with Crippen LogP contribution in [-0.4, -0.2) is 30.7 Å². The minimum atomic E-state index is -3.88. The summed E-state index contributed by atoms with van der Waals surface area (Å²) in [7, 11) is -3.88. The van der Waals surface area contributed by atoms with E-state index in [1.165, 1.54) is 12.1 Å². The molecule has 1 unspecified atom stereocenters. The normalized spacial score (nSPS) is 18.4. The second kappa shape index (κ2) is 3.68. The first-order valence-electron chi connectivity index (χ1n) is 4.83. The molecule has 0 aromatic heterocycles. The molecule has 1 aromatic rings. The fraction of sp³-hybridized carbons (Fsp3) is 0.182. The van der Waals surface area contributed by atoms with Crippen LogP contribution in [0.5, 0.6) is 0 Å². The maximum atomic E-state index is 12.0. The fourth-order valence-corrected chi connectivity index (χ4v) is 3.46. The van der Waals surface area contributed by atoms with Crippen LogP contribution >= 0.6 is 0 Å². The van der Waals surface area contributed by atoms with Gasteiger partial charge in [0, 0.05) is 0 Å². The van der Waals surface area contributed by atoms with E-state index in [9.17, 15) is 18.3 Å². The molecule has 6 heteroatoms. The average molecular weight is 254 g/mol. The van der Waals surface area contributed by atoms with Gasteiger partial charge in [-0.3, -0.25) is 0 Å². The number of aliphatic hydroxyl groups excluding tert-OH is 1. The lowest BCUT2D eigenvalue weighted by Crippen LogP contribution is -2.25. The molecule has 1 aliphatic rings. The Kier molecular flexibility index (Phi) is 2.56. The number of fused-ring (bicyclic) bond motifs is 1. The predicted octanol–water partition coefficient (Wildman–Crippen LogP) is 0.569. The number of rotatable bonds is 2. The third-order valence-electron chi connectivity index (χ3n) is 2.67. The van der Waals surface area contributed by atoms with Crippen molar-refractivity contribution in [3.05, 3.63) is 34.2 Å². The first kappa shape index (κ1) is 11.8. The maximum Gasteiger partial charge on any atom is 0.337 e. The van der Waals surface area contributed by atoms with Crippen molar-refractivity contribution in [2.45, 2.75) is 17.9 Å². The lowest BCUT2D eigenvalue weighted by atomic mass is 10.1. The summed E-state index contributed by atoms with van der Waals surface area (Å²) in [6.45, 7) is 1.72. The van der Waals surface area contributed by atoms with Gasteiger partial charge in [0.1, 0.15) is 0 Å². The Morgan fingerprint density at radius 2 is 2.00 bits per heavy atom. The quantitative estimate of drug-likeness (QED) is 0.805. The smallest absolute Gasteiger partial charge is 0.337 e. The predicted molar refractivity (Wildman–Crippen MR) is 60.0 cm³/mol. The molecule has 2 rings (SSSR count). The Morgan fingerprint density at radius 3 is 2.53 bits per heavy atom. The van der Waals surface area contributed by atoms with Gasteiger partial charge in [-0.15, -0.1) is 0 Å². The van der Waals surface area contributed by atoms with Crippen LogP contribution in [0.2, 0.25) is 0 Å². The second-order valence-electron chi connectivity index (χ2n) is 3.78. The number of hydrogen-bond acceptors (Lipinski definition) is 4. The van der Waals surface area contributed by atoms with E-state index >= 15 is 0 Å². The van der Waals surface area contributed by atoms with E-state index in [4.69, 9.17) is 5.11 Å². The molecular weight excluding hydrogens is 244 g/mol. The van der Waals surface area contributed by atoms with Gasteiger partial charge in [-0.05, 0) is 30.2 Å². The van der Waals surface area contributed by atoms with Crippen LogP contribution in [0.15, 0.2) is 28.0 Å². The molecule has 1 atom stereocenters. The van der Waals surface area contributed by atoms with Crippen LogP contribution in [0.1, 0.15) is 11.1 Å². The molecule has 17 heavy (non-hydrogen) atoms. The molecule has 0 fully saturated rings. The number of aryl methyl sites for hydroxylation is 1. The van der Waals surface area contributed by atoms with Crippen LogP contribution in [0.3, 0.4) is 0 Å². The highest BCUT2D eigenvalue weighted by Crippen LogP contribution is 2.36. The van der Waals surface area contributed by atoms with Crippen LogP contribution in [0.4, 0.5) is 0 Å². The SMILES string of the molecule is Cc1cccc2c1C=C(C(O)C(=O)O)S2(=O)=O. The van der Waals surface area contributed by atoms with E-state index in [1.807, 2.05) is 0 Å². The maximum absolute atomic E-state index is 12.0. The molecule has 90 valence electrons. The Morgan fingerprint density at radius 1 is 1.35 bits per heavy atom. The van der Waals surface area contributed by atoms with Crippen molar-refractivity contribution < 1.29 is 23.4 Å². The van der Waals surface area contributed by atoms with Gasteiger partial charge in [0.15, 0.2) is 6.10 Å². The zero-order valence-electron chi connectivity index (χ0n) is 8.91. The van der Waals surface area contributed by atoms with E-state index in [0.717, 1.165) is 5.56 Å². The van der Waals surface area contributed by atoms with E-state index in [0.29, 0.717) is 5.56 Å². The average Bonchev–Trinajstić information content (AvgIpc) is 2.51. The summed E-state index contributed by atoms with van der Waals surface area (Å²) in [5.74, 6) is -1.58. The van der Waals surface area contributed by atoms with Gasteiger partial charge < -0.3 is 10.2 Å². The first-order valence-corrected chi connectivity index (χ1v) is 6.31. The molecule has 0 spiro atoms. The van der Waals surface area contributed by atoms with Crippen molar-refractivity contribution in [3.63, 3.8) is 0 Å². The number of carboxylic acids is 1. The summed E-state index contributed by atoms with van der Waals surface area (Å²) < 4.78 is 24.0. The Balaban J connectivity index is 2.67. The summed E-state index contributed by atoms with van der Waals surface area (Å²) in [5, 5.41) is 18.0. The highest BCUT2D eigenvalue weighted by molar-refractivity contribution is 7.96. The number of carboxylic acid groups (broad SMARTS) is 1. The number of hydrogen-bond donors (Lipinski definition) is 2. The molecule has 0 radical (unpaired) electrons. The number of benzene rings is 1. The third kappa shape index (κ3) is 1.65. The number of carbonyl (C=O) groups is 1. The zero-order chi connectivity index (χ0) is 12.8. The number of aliphatic hydroxyl groups is 1. The molecule has 1 aliphatic heterocycles. The molecule has 0 saturated carbocycles. The van der Waals surface area contributed by atoms with E-state index in [2.05, 4.69) is 0 Å². The number of aliphatic carboxylic acids is 1. The van der Waals surface area contributed by atoms with Crippen LogP contribution < -0.4 is 0 Å². The molecule has 2 N–H and O–H groups in total. The Hall–Kier alpha value is -1.66. The molecule has 0 saturated heterocycles. The minimum Gasteiger partial charge on any atom is -0.479 e. The van der Waals surface area contributed by atoms with Crippen LogP contribution in [0, 0.1) is 6.92 Å². The lowest BCUT2D eigenvalue weighted by molar-refractivity contribution is -0.144. The van der Waals surface area contributed by atoms with Crippen LogP contribution in [0.25, 0.3) is 6.08 Å². The molecular formula is C11H10O5S. The van der Waals surface area contributed by atoms with Crippen molar-refractivity contribution in [1.82, 2.24) is 0 Å². The summed E-state index contributed by atoms with van der Waals surface area (Å²) in [4.78, 5) is 10.2. The van der Waals surface area contributed by atoms with Gasteiger partial charge >= 0.3 is 5.97 Å².